The first-order valence-corrected chi connectivity index (χ1v) is 6.05. The van der Waals surface area contributed by atoms with Gasteiger partial charge in [-0.1, -0.05) is 0 Å². The van der Waals surface area contributed by atoms with Crippen molar-refractivity contribution in [2.75, 3.05) is 12.4 Å². The van der Waals surface area contributed by atoms with E-state index >= 15 is 0 Å². The predicted octanol–water partition coefficient (Wildman–Crippen LogP) is 1.13. The van der Waals surface area contributed by atoms with Gasteiger partial charge in [-0.3, -0.25) is 4.79 Å². The zero-order chi connectivity index (χ0) is 12.0. The van der Waals surface area contributed by atoms with Gasteiger partial charge in [-0.2, -0.15) is 0 Å². The molecule has 0 radical (unpaired) electrons. The van der Waals surface area contributed by atoms with E-state index < -0.39 is 5.97 Å². The number of thiazole rings is 1. The number of carbonyl (C=O) groups is 2. The van der Waals surface area contributed by atoms with E-state index in [9.17, 15) is 9.59 Å². The third-order valence-electron chi connectivity index (χ3n) is 1.75. The molecule has 88 valence electrons. The van der Waals surface area contributed by atoms with E-state index in [1.54, 1.807) is 0 Å². The highest BCUT2D eigenvalue weighted by Gasteiger charge is 2.08. The smallest absolute Gasteiger partial charge is 0.355 e. The molecule has 0 unspecified atom stereocenters. The second-order valence-electron chi connectivity index (χ2n) is 2.97. The monoisotopic (exact) mass is 262 g/mol. The van der Waals surface area contributed by atoms with Crippen LogP contribution in [0.3, 0.4) is 0 Å². The summed E-state index contributed by atoms with van der Waals surface area (Å²) in [6.07, 6.45) is 0.825. The normalized spacial score (nSPS) is 10.1. The average Bonchev–Trinajstić information content (AvgIpc) is 2.67. The number of aromatic nitrogens is 1. The molecule has 1 rings (SSSR count). The number of nitrogens with zero attached hydrogens (tertiary/aromatic N) is 1. The van der Waals surface area contributed by atoms with Crippen molar-refractivity contribution in [3.8, 4) is 0 Å². The van der Waals surface area contributed by atoms with Crippen LogP contribution in [0.1, 0.15) is 21.9 Å². The second kappa shape index (κ2) is 6.44. The summed E-state index contributed by atoms with van der Waals surface area (Å²) in [4.78, 5) is 25.5. The minimum Gasteiger partial charge on any atom is -0.476 e. The average molecular weight is 263 g/mol. The Morgan fingerprint density at radius 3 is 2.88 bits per heavy atom. The molecular formula is C9H11ClN2O3S. The fourth-order valence-electron chi connectivity index (χ4n) is 1.01. The zero-order valence-electron chi connectivity index (χ0n) is 8.40. The minimum atomic E-state index is -1.03. The fourth-order valence-corrected chi connectivity index (χ4v) is 1.95. The summed E-state index contributed by atoms with van der Waals surface area (Å²) in [5.74, 6) is -0.842. The Labute approximate surface area is 101 Å². The van der Waals surface area contributed by atoms with Crippen LogP contribution >= 0.6 is 22.9 Å². The molecule has 0 spiro atoms. The molecule has 2 N–H and O–H groups in total. The van der Waals surface area contributed by atoms with E-state index in [1.165, 1.54) is 16.7 Å². The first kappa shape index (κ1) is 12.9. The molecule has 0 aliphatic heterocycles. The summed E-state index contributed by atoms with van der Waals surface area (Å²) in [7, 11) is 0. The van der Waals surface area contributed by atoms with Crippen molar-refractivity contribution in [2.24, 2.45) is 0 Å². The number of rotatable bonds is 6. The molecule has 0 saturated carbocycles. The van der Waals surface area contributed by atoms with Crippen LogP contribution in [-0.2, 0) is 11.2 Å². The third kappa shape index (κ3) is 4.16. The van der Waals surface area contributed by atoms with Crippen molar-refractivity contribution in [3.05, 3.63) is 16.1 Å². The number of halogens is 1. The van der Waals surface area contributed by atoms with E-state index in [4.69, 9.17) is 16.7 Å². The van der Waals surface area contributed by atoms with Crippen LogP contribution in [0.4, 0.5) is 0 Å². The fraction of sp³-hybridized carbons (Fsp3) is 0.444. The van der Waals surface area contributed by atoms with Gasteiger partial charge in [0, 0.05) is 30.6 Å². The van der Waals surface area contributed by atoms with Crippen LogP contribution in [0, 0.1) is 0 Å². The maximum Gasteiger partial charge on any atom is 0.355 e. The third-order valence-corrected chi connectivity index (χ3v) is 2.85. The summed E-state index contributed by atoms with van der Waals surface area (Å²) in [5.41, 5.74) is 0.0482. The van der Waals surface area contributed by atoms with Crippen molar-refractivity contribution in [2.45, 2.75) is 12.8 Å². The number of hydrogen-bond acceptors (Lipinski definition) is 4. The first-order valence-electron chi connectivity index (χ1n) is 4.64. The number of amides is 1. The van der Waals surface area contributed by atoms with Crippen molar-refractivity contribution >= 4 is 34.8 Å². The van der Waals surface area contributed by atoms with Crippen LogP contribution in [0.2, 0.25) is 0 Å². The maximum atomic E-state index is 11.0. The van der Waals surface area contributed by atoms with Crippen molar-refractivity contribution in [1.82, 2.24) is 10.3 Å². The van der Waals surface area contributed by atoms with Gasteiger partial charge in [-0.05, 0) is 0 Å². The number of nitrogens with one attached hydrogen (secondary N) is 1. The summed E-state index contributed by atoms with van der Waals surface area (Å²) in [6, 6.07) is 0. The number of carboxylic acids is 1. The van der Waals surface area contributed by atoms with E-state index in [2.05, 4.69) is 10.3 Å². The first-order chi connectivity index (χ1) is 7.63. The Morgan fingerprint density at radius 2 is 2.31 bits per heavy atom. The van der Waals surface area contributed by atoms with E-state index in [-0.39, 0.29) is 11.6 Å². The lowest BCUT2D eigenvalue weighted by molar-refractivity contribution is -0.120. The Hall–Kier alpha value is -1.14. The SMILES string of the molecule is O=C(CCCl)NCCc1nc(C(=O)O)cs1. The highest BCUT2D eigenvalue weighted by molar-refractivity contribution is 7.09. The lowest BCUT2D eigenvalue weighted by Gasteiger charge is -2.01. The Balaban J connectivity index is 2.32. The molecule has 0 aliphatic carbocycles. The molecule has 0 fully saturated rings. The highest BCUT2D eigenvalue weighted by Crippen LogP contribution is 2.09. The molecule has 1 aromatic rings. The van der Waals surface area contributed by atoms with Gasteiger partial charge in [0.25, 0.3) is 0 Å². The number of aromatic carboxylic acids is 1. The number of alkyl halides is 1. The predicted molar refractivity (Wildman–Crippen MR) is 61.1 cm³/mol. The van der Waals surface area contributed by atoms with Gasteiger partial charge in [0.15, 0.2) is 5.69 Å². The second-order valence-corrected chi connectivity index (χ2v) is 4.29. The number of carbonyl (C=O) groups excluding carboxylic acids is 1. The minimum absolute atomic E-state index is 0.0482. The molecule has 0 aromatic carbocycles. The summed E-state index contributed by atoms with van der Waals surface area (Å²) >= 11 is 6.67. The Kier molecular flexibility index (Phi) is 5.21. The Bertz CT molecular complexity index is 381. The largest absolute Gasteiger partial charge is 0.476 e. The molecule has 5 nitrogen and oxygen atoms in total. The molecule has 0 aliphatic rings. The lowest BCUT2D eigenvalue weighted by Crippen LogP contribution is -2.25. The van der Waals surface area contributed by atoms with Gasteiger partial charge < -0.3 is 10.4 Å². The number of hydrogen-bond donors (Lipinski definition) is 2. The summed E-state index contributed by atoms with van der Waals surface area (Å²) < 4.78 is 0. The van der Waals surface area contributed by atoms with Gasteiger partial charge in [-0.15, -0.1) is 22.9 Å². The van der Waals surface area contributed by atoms with E-state index in [1.807, 2.05) is 0 Å². The van der Waals surface area contributed by atoms with Gasteiger partial charge >= 0.3 is 5.97 Å². The van der Waals surface area contributed by atoms with Crippen LogP contribution in [0.15, 0.2) is 5.38 Å². The summed E-state index contributed by atoms with van der Waals surface area (Å²) in [6.45, 7) is 0.447. The molecule has 16 heavy (non-hydrogen) atoms. The lowest BCUT2D eigenvalue weighted by atomic mass is 10.4. The van der Waals surface area contributed by atoms with Crippen LogP contribution < -0.4 is 5.32 Å². The zero-order valence-corrected chi connectivity index (χ0v) is 9.98. The van der Waals surface area contributed by atoms with Gasteiger partial charge in [0.1, 0.15) is 0 Å². The van der Waals surface area contributed by atoms with Crippen LogP contribution in [0.5, 0.6) is 0 Å². The standard InChI is InChI=1S/C9H11ClN2O3S/c10-3-1-7(13)11-4-2-8-12-6(5-16-8)9(14)15/h5H,1-4H2,(H,11,13)(H,14,15). The maximum absolute atomic E-state index is 11.0. The molecular weight excluding hydrogens is 252 g/mol. The quantitative estimate of drug-likeness (QED) is 0.753. The van der Waals surface area contributed by atoms with Gasteiger partial charge in [-0.25, -0.2) is 9.78 Å². The molecule has 1 heterocycles. The van der Waals surface area contributed by atoms with Crippen molar-refractivity contribution in [3.63, 3.8) is 0 Å². The van der Waals surface area contributed by atoms with Crippen molar-refractivity contribution < 1.29 is 14.7 Å². The molecule has 0 bridgehead atoms. The molecule has 7 heteroatoms. The molecule has 0 atom stereocenters. The van der Waals surface area contributed by atoms with Crippen LogP contribution in [0.25, 0.3) is 0 Å². The topological polar surface area (TPSA) is 79.3 Å². The molecule has 1 aromatic heterocycles. The van der Waals surface area contributed by atoms with Crippen LogP contribution in [-0.4, -0.2) is 34.4 Å². The van der Waals surface area contributed by atoms with E-state index in [0.29, 0.717) is 30.3 Å². The summed E-state index contributed by atoms with van der Waals surface area (Å²) in [5, 5.41) is 13.5. The molecule has 1 amide bonds. The van der Waals surface area contributed by atoms with E-state index in [0.717, 1.165) is 0 Å². The Morgan fingerprint density at radius 1 is 1.56 bits per heavy atom. The molecule has 0 saturated heterocycles. The van der Waals surface area contributed by atoms with Crippen molar-refractivity contribution in [1.29, 1.82) is 0 Å². The van der Waals surface area contributed by atoms with Gasteiger partial charge in [0.2, 0.25) is 5.91 Å². The van der Waals surface area contributed by atoms with Gasteiger partial charge in [0.05, 0.1) is 5.01 Å². The highest BCUT2D eigenvalue weighted by atomic mass is 35.5. The number of carboxylic acid groups (broad SMARTS) is 1.